The fraction of sp³-hybridized carbons (Fsp3) is 0.333. The van der Waals surface area contributed by atoms with Crippen LogP contribution in [0.3, 0.4) is 0 Å². The van der Waals surface area contributed by atoms with Gasteiger partial charge in [-0.2, -0.15) is 0 Å². The number of carbonyl (C=O) groups excluding carboxylic acids is 2. The van der Waals surface area contributed by atoms with Crippen LogP contribution in [0.2, 0.25) is 0 Å². The van der Waals surface area contributed by atoms with Gasteiger partial charge in [-0.1, -0.05) is 6.07 Å². The molecule has 4 nitrogen and oxygen atoms in total. The van der Waals surface area contributed by atoms with Crippen LogP contribution in [0.15, 0.2) is 22.7 Å². The Kier molecular flexibility index (Phi) is 5.15. The second-order valence-electron chi connectivity index (χ2n) is 3.66. The van der Waals surface area contributed by atoms with Gasteiger partial charge in [0, 0.05) is 24.5 Å². The van der Waals surface area contributed by atoms with Crippen molar-refractivity contribution < 1.29 is 9.59 Å². The number of amides is 2. The molecule has 1 rings (SSSR count). The van der Waals surface area contributed by atoms with Crippen LogP contribution in [0, 0.1) is 6.92 Å². The summed E-state index contributed by atoms with van der Waals surface area (Å²) in [7, 11) is 1.57. The summed E-state index contributed by atoms with van der Waals surface area (Å²) < 4.78 is 0.759. The summed E-state index contributed by atoms with van der Waals surface area (Å²) in [5.41, 5.74) is 1.66. The molecule has 0 spiro atoms. The van der Waals surface area contributed by atoms with Gasteiger partial charge in [-0.3, -0.25) is 9.59 Å². The molecule has 1 aromatic carbocycles. The summed E-state index contributed by atoms with van der Waals surface area (Å²) in [6.07, 6.45) is 0.283. The van der Waals surface area contributed by atoms with Crippen LogP contribution >= 0.6 is 15.9 Å². The van der Waals surface area contributed by atoms with E-state index < -0.39 is 0 Å². The van der Waals surface area contributed by atoms with Crippen molar-refractivity contribution in [3.8, 4) is 0 Å². The van der Waals surface area contributed by atoms with Gasteiger partial charge in [0.15, 0.2) is 0 Å². The average molecular weight is 299 g/mol. The average Bonchev–Trinajstić information content (AvgIpc) is 2.28. The Balaban J connectivity index is 2.55. The highest BCUT2D eigenvalue weighted by atomic mass is 79.9. The second-order valence-corrected chi connectivity index (χ2v) is 4.52. The van der Waals surface area contributed by atoms with Crippen LogP contribution in [-0.2, 0) is 4.79 Å². The number of halogens is 1. The van der Waals surface area contributed by atoms with E-state index in [4.69, 9.17) is 0 Å². The molecule has 0 fully saturated rings. The molecule has 17 heavy (non-hydrogen) atoms. The minimum Gasteiger partial charge on any atom is -0.359 e. The molecular weight excluding hydrogens is 284 g/mol. The van der Waals surface area contributed by atoms with Crippen LogP contribution in [0.4, 0.5) is 0 Å². The molecule has 0 atom stereocenters. The monoisotopic (exact) mass is 298 g/mol. The number of hydrogen-bond donors (Lipinski definition) is 2. The Bertz CT molecular complexity index is 433. The summed E-state index contributed by atoms with van der Waals surface area (Å²) in [6, 6.07) is 5.51. The van der Waals surface area contributed by atoms with Crippen LogP contribution in [0.1, 0.15) is 22.3 Å². The van der Waals surface area contributed by atoms with Crippen molar-refractivity contribution in [2.45, 2.75) is 13.3 Å². The lowest BCUT2D eigenvalue weighted by Crippen LogP contribution is -2.29. The van der Waals surface area contributed by atoms with Crippen LogP contribution < -0.4 is 10.6 Å². The number of aryl methyl sites for hydroxylation is 1. The van der Waals surface area contributed by atoms with Gasteiger partial charge in [0.1, 0.15) is 0 Å². The SMILES string of the molecule is CNC(=O)CCNC(=O)c1ccc(C)cc1Br. The standard InChI is InChI=1S/C12H15BrN2O2/c1-8-3-4-9(10(13)7-8)12(17)15-6-5-11(16)14-2/h3-4,7H,5-6H2,1-2H3,(H,14,16)(H,15,17). The van der Waals surface area contributed by atoms with Gasteiger partial charge >= 0.3 is 0 Å². The lowest BCUT2D eigenvalue weighted by molar-refractivity contribution is -0.120. The zero-order chi connectivity index (χ0) is 12.8. The highest BCUT2D eigenvalue weighted by molar-refractivity contribution is 9.10. The lowest BCUT2D eigenvalue weighted by Gasteiger charge is -2.07. The summed E-state index contributed by atoms with van der Waals surface area (Å²) in [5.74, 6) is -0.269. The van der Waals surface area contributed by atoms with E-state index in [1.807, 2.05) is 19.1 Å². The largest absolute Gasteiger partial charge is 0.359 e. The second kappa shape index (κ2) is 6.39. The summed E-state index contributed by atoms with van der Waals surface area (Å²) >= 11 is 3.34. The first-order chi connectivity index (χ1) is 8.04. The quantitative estimate of drug-likeness (QED) is 0.887. The first-order valence-corrected chi connectivity index (χ1v) is 6.09. The minimum atomic E-state index is -0.180. The third-order valence-corrected chi connectivity index (χ3v) is 2.94. The molecule has 0 saturated carbocycles. The fourth-order valence-corrected chi connectivity index (χ4v) is 1.99. The van der Waals surface area contributed by atoms with E-state index in [1.54, 1.807) is 13.1 Å². The third kappa shape index (κ3) is 4.19. The Hall–Kier alpha value is -1.36. The van der Waals surface area contributed by atoms with Crippen molar-refractivity contribution in [3.05, 3.63) is 33.8 Å². The zero-order valence-corrected chi connectivity index (χ0v) is 11.4. The summed E-state index contributed by atoms with van der Waals surface area (Å²) in [4.78, 5) is 22.7. The molecule has 2 amide bonds. The predicted molar refractivity (Wildman–Crippen MR) is 69.9 cm³/mol. The highest BCUT2D eigenvalue weighted by Crippen LogP contribution is 2.18. The van der Waals surface area contributed by atoms with Gasteiger partial charge < -0.3 is 10.6 Å². The number of nitrogens with one attached hydrogen (secondary N) is 2. The van der Waals surface area contributed by atoms with Crippen LogP contribution in [0.5, 0.6) is 0 Å². The van der Waals surface area contributed by atoms with E-state index >= 15 is 0 Å². The Morgan fingerprint density at radius 2 is 2.06 bits per heavy atom. The Labute approximate surface area is 109 Å². The summed E-state index contributed by atoms with van der Waals surface area (Å²) in [5, 5.41) is 5.19. The molecule has 0 unspecified atom stereocenters. The molecule has 0 aliphatic heterocycles. The smallest absolute Gasteiger partial charge is 0.252 e. The molecule has 0 aromatic heterocycles. The molecule has 92 valence electrons. The van der Waals surface area contributed by atoms with Crippen LogP contribution in [0.25, 0.3) is 0 Å². The van der Waals surface area contributed by atoms with Crippen molar-refractivity contribution >= 4 is 27.7 Å². The molecular formula is C12H15BrN2O2. The lowest BCUT2D eigenvalue weighted by atomic mass is 10.1. The first-order valence-electron chi connectivity index (χ1n) is 5.29. The number of carbonyl (C=O) groups is 2. The highest BCUT2D eigenvalue weighted by Gasteiger charge is 2.09. The molecule has 0 aliphatic carbocycles. The number of hydrogen-bond acceptors (Lipinski definition) is 2. The topological polar surface area (TPSA) is 58.2 Å². The van der Waals surface area contributed by atoms with E-state index in [-0.39, 0.29) is 18.2 Å². The van der Waals surface area contributed by atoms with Crippen LogP contribution in [-0.4, -0.2) is 25.4 Å². The van der Waals surface area contributed by atoms with Gasteiger partial charge in [-0.15, -0.1) is 0 Å². The van der Waals surface area contributed by atoms with Gasteiger partial charge in [-0.25, -0.2) is 0 Å². The van der Waals surface area contributed by atoms with Crippen molar-refractivity contribution in [2.75, 3.05) is 13.6 Å². The zero-order valence-electron chi connectivity index (χ0n) is 9.84. The van der Waals surface area contributed by atoms with E-state index in [2.05, 4.69) is 26.6 Å². The van der Waals surface area contributed by atoms with Gasteiger partial charge in [0.05, 0.1) is 5.56 Å². The fourth-order valence-electron chi connectivity index (χ4n) is 1.31. The summed E-state index contributed by atoms with van der Waals surface area (Å²) in [6.45, 7) is 2.29. The first kappa shape index (κ1) is 13.7. The number of benzene rings is 1. The van der Waals surface area contributed by atoms with Gasteiger partial charge in [-0.05, 0) is 40.5 Å². The maximum absolute atomic E-state index is 11.8. The van der Waals surface area contributed by atoms with Crippen molar-refractivity contribution in [2.24, 2.45) is 0 Å². The van der Waals surface area contributed by atoms with Crippen molar-refractivity contribution in [1.82, 2.24) is 10.6 Å². The van der Waals surface area contributed by atoms with Gasteiger partial charge in [0.2, 0.25) is 5.91 Å². The third-order valence-electron chi connectivity index (χ3n) is 2.29. The molecule has 1 aromatic rings. The van der Waals surface area contributed by atoms with E-state index in [0.717, 1.165) is 10.0 Å². The molecule has 0 saturated heterocycles. The number of rotatable bonds is 4. The molecule has 0 bridgehead atoms. The van der Waals surface area contributed by atoms with Crippen molar-refractivity contribution in [3.63, 3.8) is 0 Å². The molecule has 5 heteroatoms. The van der Waals surface area contributed by atoms with E-state index in [9.17, 15) is 9.59 Å². The minimum absolute atomic E-state index is 0.0896. The van der Waals surface area contributed by atoms with E-state index in [0.29, 0.717) is 12.1 Å². The molecule has 0 aliphatic rings. The molecule has 2 N–H and O–H groups in total. The van der Waals surface area contributed by atoms with Gasteiger partial charge in [0.25, 0.3) is 5.91 Å². The maximum atomic E-state index is 11.8. The molecule has 0 radical (unpaired) electrons. The maximum Gasteiger partial charge on any atom is 0.252 e. The molecule has 0 heterocycles. The normalized spacial score (nSPS) is 9.82. The van der Waals surface area contributed by atoms with Crippen molar-refractivity contribution in [1.29, 1.82) is 0 Å². The van der Waals surface area contributed by atoms with E-state index in [1.165, 1.54) is 0 Å². The Morgan fingerprint density at radius 3 is 2.65 bits per heavy atom. The Morgan fingerprint density at radius 1 is 1.35 bits per heavy atom. The predicted octanol–water partition coefficient (Wildman–Crippen LogP) is 1.62.